The molecular weight excluding hydrogens is 972 g/mol. The van der Waals surface area contributed by atoms with Gasteiger partial charge in [-0.05, 0) is 110 Å². The normalized spacial score (nSPS) is 12.8. The third-order valence-electron chi connectivity index (χ3n) is 17.3. The molecule has 1 aliphatic rings. The Morgan fingerprint density at radius 2 is 0.608 bits per heavy atom. The molecule has 0 N–H and O–H groups in total. The van der Waals surface area contributed by atoms with Crippen molar-refractivity contribution in [2.24, 2.45) is 0 Å². The van der Waals surface area contributed by atoms with E-state index in [2.05, 4.69) is 133 Å². The maximum Gasteiger partial charge on any atom is 2.00 e. The van der Waals surface area contributed by atoms with Crippen LogP contribution in [0.5, 0.6) is 0 Å². The zero-order chi connectivity index (χ0) is 54.2. The van der Waals surface area contributed by atoms with Crippen LogP contribution in [0.25, 0.3) is 16.9 Å². The van der Waals surface area contributed by atoms with Crippen molar-refractivity contribution in [1.82, 2.24) is 0 Å². The Hall–Kier alpha value is -1.55. The predicted molar refractivity (Wildman–Crippen MR) is 338 cm³/mol. The van der Waals surface area contributed by atoms with Crippen LogP contribution in [-0.4, -0.2) is 20.8 Å². The van der Waals surface area contributed by atoms with Gasteiger partial charge in [0.15, 0.2) is 0 Å². The summed E-state index contributed by atoms with van der Waals surface area (Å²) in [5.41, 5.74) is 26.4. The van der Waals surface area contributed by atoms with Crippen LogP contribution >= 0.6 is 0 Å². The molecule has 0 radical (unpaired) electrons. The summed E-state index contributed by atoms with van der Waals surface area (Å²) >= 11 is 0. The van der Waals surface area contributed by atoms with Crippen LogP contribution < -0.4 is 0 Å². The van der Waals surface area contributed by atoms with Gasteiger partial charge in [0.1, 0.15) is 0 Å². The van der Waals surface area contributed by atoms with Gasteiger partial charge in [-0.15, -0.1) is 0 Å². The summed E-state index contributed by atoms with van der Waals surface area (Å²) in [7, 11) is -2.79. The van der Waals surface area contributed by atoms with Crippen molar-refractivity contribution in [3.8, 4) is 0 Å². The second-order valence-electron chi connectivity index (χ2n) is 22.9. The molecule has 0 aliphatic carbocycles. The number of nitrogens with zero attached hydrogens (tertiary/aromatic N) is 2. The van der Waals surface area contributed by atoms with Gasteiger partial charge in [0.2, 0.25) is 11.4 Å². The van der Waals surface area contributed by atoms with E-state index in [0.717, 1.165) is 49.9 Å². The number of allylic oxidation sites excluding steroid dienone is 2. The van der Waals surface area contributed by atoms with Gasteiger partial charge in [0.25, 0.3) is 0 Å². The van der Waals surface area contributed by atoms with Crippen LogP contribution in [-0.2, 0) is 41.4 Å². The summed E-state index contributed by atoms with van der Waals surface area (Å²) in [6.45, 7) is 36.1. The van der Waals surface area contributed by atoms with E-state index in [1.807, 2.05) is 0 Å². The Morgan fingerprint density at radius 3 is 0.919 bits per heavy atom. The van der Waals surface area contributed by atoms with E-state index in [9.17, 15) is 5.53 Å². The van der Waals surface area contributed by atoms with Crippen LogP contribution in [0.15, 0.2) is 47.5 Å². The summed E-state index contributed by atoms with van der Waals surface area (Å²) in [4.78, 5) is 0. The minimum atomic E-state index is -1.39. The van der Waals surface area contributed by atoms with Crippen LogP contribution in [0.2, 0.25) is 36.3 Å². The van der Waals surface area contributed by atoms with Crippen molar-refractivity contribution in [1.29, 1.82) is 0 Å². The third-order valence-corrected chi connectivity index (χ3v) is 28.6. The maximum atomic E-state index is 12.8. The molecule has 0 fully saturated rings. The number of rotatable bonds is 41. The Bertz CT molecular complexity index is 1720. The van der Waals surface area contributed by atoms with E-state index in [1.165, 1.54) is 253 Å². The average molecular weight is 1100 g/mol. The molecule has 0 aromatic heterocycles. The Kier molecular flexibility index (Phi) is 44.4. The molecule has 428 valence electrons. The van der Waals surface area contributed by atoms with Gasteiger partial charge in [-0.1, -0.05) is 266 Å². The first kappa shape index (κ1) is 72.4. The molecule has 0 atom stereocenters. The molecule has 0 amide bonds. The van der Waals surface area contributed by atoms with Gasteiger partial charge in [-0.3, -0.25) is 0 Å². The van der Waals surface area contributed by atoms with Gasteiger partial charge in [0, 0.05) is 22.3 Å². The Morgan fingerprint density at radius 1 is 0.338 bits per heavy atom. The first-order valence-corrected chi connectivity index (χ1v) is 38.0. The van der Waals surface area contributed by atoms with Crippen molar-refractivity contribution in [2.45, 2.75) is 330 Å². The van der Waals surface area contributed by atoms with E-state index >= 15 is 0 Å². The summed E-state index contributed by atoms with van der Waals surface area (Å²) < 4.78 is 1.72. The van der Waals surface area contributed by atoms with E-state index in [0.29, 0.717) is 0 Å². The van der Waals surface area contributed by atoms with E-state index in [1.54, 1.807) is 4.70 Å². The molecule has 2 nitrogen and oxygen atoms in total. The fourth-order valence-corrected chi connectivity index (χ4v) is 18.1. The van der Waals surface area contributed by atoms with Gasteiger partial charge in [-0.25, -0.2) is 4.70 Å². The molecule has 1 heterocycles. The largest absolute Gasteiger partial charge is 2.00 e. The topological polar surface area (TPSA) is 25.3 Å². The van der Waals surface area contributed by atoms with Gasteiger partial charge in [-0.2, -0.15) is 12.8 Å². The number of benzene rings is 2. The van der Waals surface area contributed by atoms with Gasteiger partial charge < -0.3 is 19.4 Å². The Labute approximate surface area is 476 Å². The van der Waals surface area contributed by atoms with Gasteiger partial charge >= 0.3 is 16.5 Å². The van der Waals surface area contributed by atoms with Crippen molar-refractivity contribution in [3.05, 3.63) is 100 Å². The monoisotopic (exact) mass is 1090 g/mol. The van der Waals surface area contributed by atoms with E-state index < -0.39 is 16.1 Å². The van der Waals surface area contributed by atoms with Crippen LogP contribution in [0.3, 0.4) is 0 Å². The molecule has 2 aromatic rings. The zero-order valence-corrected chi connectivity index (χ0v) is 54.7. The molecule has 2 aromatic carbocycles. The third kappa shape index (κ3) is 27.4. The standard InChI is InChI=1S/C49H82N2Si2.2C10H21.Ni/c1-11-21-25-27-31-47-46(30-26-22-12-2)48(44-34-40(28-23-13-3)32-42(36-44)38-52(15-5,16-6)17-7)51(50)49(47)45-35-41(29-24-14-4)33-43(37-45)39-53(18-8,19-9)20-10;2*1-3-5-7-9-10-8-6-4-2;/h32-37H,11-31,38-39H2,1-10H3;2*1,3-10H2,2H3;/q;2*-1;+2. The van der Waals surface area contributed by atoms with Crippen molar-refractivity contribution < 1.29 is 21.2 Å². The molecule has 0 saturated heterocycles. The summed E-state index contributed by atoms with van der Waals surface area (Å²) in [6, 6.07) is 25.6. The second kappa shape index (κ2) is 45.3. The summed E-state index contributed by atoms with van der Waals surface area (Å²) in [5.74, 6) is 0. The number of aryl methyl sites for hydroxylation is 2. The van der Waals surface area contributed by atoms with Crippen LogP contribution in [0, 0.1) is 13.8 Å². The minimum Gasteiger partial charge on any atom is -0.493 e. The van der Waals surface area contributed by atoms with E-state index in [4.69, 9.17) is 0 Å². The maximum absolute atomic E-state index is 12.8. The SMILES string of the molecule is CCCCCCC1=C(c2cc(CCCC)cc(C[Si](CC)(CC)CC)c2)[N+](=[N-])C(c2cc(CCCC)cc(C[Si](CC)(CC)CC)c2)=C1CCCCC.[CH2-]CCCCCCCCC.[CH2-]CCCCCCCCC.[Ni+2]. The molecule has 3 rings (SSSR count). The molecule has 74 heavy (non-hydrogen) atoms. The number of hydrogen-bond donors (Lipinski definition) is 0. The summed E-state index contributed by atoms with van der Waals surface area (Å²) in [5, 5.41) is 0. The zero-order valence-electron chi connectivity index (χ0n) is 51.7. The van der Waals surface area contributed by atoms with Crippen LogP contribution in [0.1, 0.15) is 303 Å². The fraction of sp³-hybridized carbons (Fsp3) is 0.739. The van der Waals surface area contributed by atoms with E-state index in [-0.39, 0.29) is 16.5 Å². The number of unbranched alkanes of at least 4 members (excludes halogenated alkanes) is 21. The summed E-state index contributed by atoms with van der Waals surface area (Å²) in [6.07, 6.45) is 39.6. The minimum absolute atomic E-state index is 0. The molecule has 0 saturated carbocycles. The predicted octanol–water partition coefficient (Wildman–Crippen LogP) is 24.2. The first-order chi connectivity index (χ1) is 35.5. The Balaban J connectivity index is 0.00000212. The number of hydrogen-bond acceptors (Lipinski definition) is 0. The molecule has 1 aliphatic heterocycles. The smallest absolute Gasteiger partial charge is 0.493 e. The van der Waals surface area contributed by atoms with Gasteiger partial charge in [0.05, 0.1) is 16.1 Å². The first-order valence-electron chi connectivity index (χ1n) is 32.3. The molecule has 0 spiro atoms. The quantitative estimate of drug-likeness (QED) is 0.0274. The molecular formula is C69H124N2NiSi2. The van der Waals surface area contributed by atoms with Crippen molar-refractivity contribution >= 4 is 27.5 Å². The molecule has 5 heteroatoms. The van der Waals surface area contributed by atoms with Crippen molar-refractivity contribution in [2.75, 3.05) is 0 Å². The van der Waals surface area contributed by atoms with Crippen molar-refractivity contribution in [3.63, 3.8) is 0 Å². The fourth-order valence-electron chi connectivity index (χ4n) is 11.5. The average Bonchev–Trinajstić information content (AvgIpc) is 3.69. The molecule has 0 unspecified atom stereocenters. The van der Waals surface area contributed by atoms with Crippen LogP contribution in [0.4, 0.5) is 0 Å². The molecule has 0 bridgehead atoms. The second-order valence-corrected chi connectivity index (χ2v) is 33.9.